The zero-order chi connectivity index (χ0) is 8.97. The van der Waals surface area contributed by atoms with Crippen molar-refractivity contribution in [1.29, 1.82) is 0 Å². The first-order valence-corrected chi connectivity index (χ1v) is 3.65. The van der Waals surface area contributed by atoms with Crippen molar-refractivity contribution in [2.24, 2.45) is 0 Å². The van der Waals surface area contributed by atoms with Crippen molar-refractivity contribution in [3.8, 4) is 0 Å². The summed E-state index contributed by atoms with van der Waals surface area (Å²) in [6.07, 6.45) is 2.39. The Bertz CT molecular complexity index is 229. The van der Waals surface area contributed by atoms with Crippen LogP contribution in [-0.2, 0) is 19.1 Å². The minimum absolute atomic E-state index is 0.216. The Hall–Kier alpha value is -1.16. The van der Waals surface area contributed by atoms with Crippen molar-refractivity contribution in [3.05, 3.63) is 11.6 Å². The highest BCUT2D eigenvalue weighted by molar-refractivity contribution is 6.40. The maximum absolute atomic E-state index is 11.1. The molecule has 0 atom stereocenters. The summed E-state index contributed by atoms with van der Waals surface area (Å²) in [5.41, 5.74) is 0.396. The van der Waals surface area contributed by atoms with Crippen LogP contribution in [0, 0.1) is 0 Å². The van der Waals surface area contributed by atoms with Crippen molar-refractivity contribution in [2.75, 3.05) is 20.3 Å². The summed E-state index contributed by atoms with van der Waals surface area (Å²) in [5, 5.41) is 0. The van der Waals surface area contributed by atoms with E-state index in [-0.39, 0.29) is 6.61 Å². The van der Waals surface area contributed by atoms with Gasteiger partial charge in [0.1, 0.15) is 0 Å². The normalized spacial score (nSPS) is 16.6. The van der Waals surface area contributed by atoms with Gasteiger partial charge in [-0.2, -0.15) is 0 Å². The third kappa shape index (κ3) is 1.92. The van der Waals surface area contributed by atoms with Gasteiger partial charge in [0, 0.05) is 5.57 Å². The number of carbonyl (C=O) groups excluding carboxylic acids is 2. The van der Waals surface area contributed by atoms with Crippen LogP contribution in [0.3, 0.4) is 0 Å². The molecule has 0 unspecified atom stereocenters. The van der Waals surface area contributed by atoms with E-state index in [9.17, 15) is 9.59 Å². The fourth-order valence-electron chi connectivity index (χ4n) is 0.940. The van der Waals surface area contributed by atoms with Crippen LogP contribution < -0.4 is 0 Å². The molecule has 66 valence electrons. The van der Waals surface area contributed by atoms with Crippen LogP contribution >= 0.6 is 0 Å². The molecule has 0 fully saturated rings. The molecule has 0 spiro atoms. The first-order chi connectivity index (χ1) is 5.75. The minimum atomic E-state index is -0.827. The number of esters is 1. The summed E-state index contributed by atoms with van der Waals surface area (Å²) in [4.78, 5) is 21.8. The predicted molar refractivity (Wildman–Crippen MR) is 40.5 cm³/mol. The molecule has 4 heteroatoms. The standard InChI is InChI=1S/C8H10O4/c1-11-8(10)7(9)6-3-2-4-12-5-6/h3H,2,4-5H2,1H3. The van der Waals surface area contributed by atoms with Gasteiger partial charge in [-0.1, -0.05) is 6.08 Å². The Kier molecular flexibility index (Phi) is 2.99. The molecule has 12 heavy (non-hydrogen) atoms. The Labute approximate surface area is 70.1 Å². The van der Waals surface area contributed by atoms with Crippen LogP contribution in [0.25, 0.3) is 0 Å². The lowest BCUT2D eigenvalue weighted by Gasteiger charge is -2.10. The third-order valence-corrected chi connectivity index (χ3v) is 1.57. The van der Waals surface area contributed by atoms with E-state index in [0.29, 0.717) is 18.6 Å². The highest BCUT2D eigenvalue weighted by Gasteiger charge is 2.20. The number of ketones is 1. The second-order valence-electron chi connectivity index (χ2n) is 2.39. The van der Waals surface area contributed by atoms with Gasteiger partial charge in [-0.25, -0.2) is 4.79 Å². The lowest BCUT2D eigenvalue weighted by molar-refractivity contribution is -0.150. The molecule has 1 rings (SSSR count). The topological polar surface area (TPSA) is 52.6 Å². The molecule has 0 bridgehead atoms. The number of hydrogen-bond acceptors (Lipinski definition) is 4. The van der Waals surface area contributed by atoms with Gasteiger partial charge in [0.2, 0.25) is 0 Å². The fourth-order valence-corrected chi connectivity index (χ4v) is 0.940. The molecule has 0 aromatic rings. The second kappa shape index (κ2) is 4.01. The lowest BCUT2D eigenvalue weighted by Crippen LogP contribution is -2.22. The Morgan fingerprint density at radius 2 is 2.33 bits per heavy atom. The second-order valence-corrected chi connectivity index (χ2v) is 2.39. The average molecular weight is 170 g/mol. The smallest absolute Gasteiger partial charge is 0.379 e. The fraction of sp³-hybridized carbons (Fsp3) is 0.500. The van der Waals surface area contributed by atoms with E-state index in [0.717, 1.165) is 0 Å². The van der Waals surface area contributed by atoms with E-state index in [4.69, 9.17) is 4.74 Å². The number of ether oxygens (including phenoxy) is 2. The Morgan fingerprint density at radius 3 is 2.83 bits per heavy atom. The third-order valence-electron chi connectivity index (χ3n) is 1.57. The van der Waals surface area contributed by atoms with Crippen molar-refractivity contribution < 1.29 is 19.1 Å². The number of rotatable bonds is 2. The zero-order valence-corrected chi connectivity index (χ0v) is 6.83. The summed E-state index contributed by atoms with van der Waals surface area (Å²) >= 11 is 0. The molecule has 1 heterocycles. The van der Waals surface area contributed by atoms with E-state index in [1.807, 2.05) is 0 Å². The summed E-state index contributed by atoms with van der Waals surface area (Å²) in [6, 6.07) is 0. The maximum atomic E-state index is 11.1. The molecule has 0 saturated heterocycles. The van der Waals surface area contributed by atoms with Crippen molar-refractivity contribution in [1.82, 2.24) is 0 Å². The average Bonchev–Trinajstić information content (AvgIpc) is 2.17. The van der Waals surface area contributed by atoms with Crippen LogP contribution in [0.4, 0.5) is 0 Å². The molecule has 0 aliphatic carbocycles. The van der Waals surface area contributed by atoms with Crippen molar-refractivity contribution >= 4 is 11.8 Å². The molecule has 1 aliphatic heterocycles. The van der Waals surface area contributed by atoms with Crippen LogP contribution in [0.15, 0.2) is 11.6 Å². The highest BCUT2D eigenvalue weighted by atomic mass is 16.5. The van der Waals surface area contributed by atoms with Crippen LogP contribution in [-0.4, -0.2) is 32.1 Å². The Balaban J connectivity index is 2.62. The van der Waals surface area contributed by atoms with Gasteiger partial charge in [-0.15, -0.1) is 0 Å². The first-order valence-electron chi connectivity index (χ1n) is 3.65. The Morgan fingerprint density at radius 1 is 1.58 bits per heavy atom. The molecule has 0 N–H and O–H groups in total. The zero-order valence-electron chi connectivity index (χ0n) is 6.83. The van der Waals surface area contributed by atoms with Gasteiger partial charge in [0.15, 0.2) is 0 Å². The van der Waals surface area contributed by atoms with Gasteiger partial charge in [-0.05, 0) is 6.42 Å². The highest BCUT2D eigenvalue weighted by Crippen LogP contribution is 2.07. The van der Waals surface area contributed by atoms with Crippen LogP contribution in [0.5, 0.6) is 0 Å². The summed E-state index contributed by atoms with van der Waals surface area (Å²) in [7, 11) is 1.18. The first kappa shape index (κ1) is 8.93. The van der Waals surface area contributed by atoms with E-state index in [2.05, 4.69) is 4.74 Å². The van der Waals surface area contributed by atoms with Crippen molar-refractivity contribution in [3.63, 3.8) is 0 Å². The van der Waals surface area contributed by atoms with E-state index >= 15 is 0 Å². The van der Waals surface area contributed by atoms with Gasteiger partial charge >= 0.3 is 5.97 Å². The molecule has 0 radical (unpaired) electrons. The molecule has 4 nitrogen and oxygen atoms in total. The predicted octanol–water partition coefficient (Wildman–Crippen LogP) is 0.0752. The largest absolute Gasteiger partial charge is 0.463 e. The summed E-state index contributed by atoms with van der Waals surface area (Å²) in [5.74, 6) is -1.43. The number of carbonyl (C=O) groups is 2. The molecule has 0 aromatic heterocycles. The molecule has 0 amide bonds. The molecular formula is C8H10O4. The monoisotopic (exact) mass is 170 g/mol. The van der Waals surface area contributed by atoms with Crippen LogP contribution in [0.1, 0.15) is 6.42 Å². The van der Waals surface area contributed by atoms with Gasteiger partial charge in [0.25, 0.3) is 5.78 Å². The van der Waals surface area contributed by atoms with Gasteiger partial charge < -0.3 is 9.47 Å². The minimum Gasteiger partial charge on any atom is -0.463 e. The van der Waals surface area contributed by atoms with Crippen molar-refractivity contribution in [2.45, 2.75) is 6.42 Å². The summed E-state index contributed by atoms with van der Waals surface area (Å²) < 4.78 is 9.28. The number of methoxy groups -OCH3 is 1. The van der Waals surface area contributed by atoms with E-state index in [1.165, 1.54) is 7.11 Å². The maximum Gasteiger partial charge on any atom is 0.379 e. The lowest BCUT2D eigenvalue weighted by atomic mass is 10.1. The quantitative estimate of drug-likeness (QED) is 0.435. The van der Waals surface area contributed by atoms with Gasteiger partial charge in [0.05, 0.1) is 20.3 Å². The molecule has 0 saturated carbocycles. The van der Waals surface area contributed by atoms with Gasteiger partial charge in [-0.3, -0.25) is 4.79 Å². The number of hydrogen-bond donors (Lipinski definition) is 0. The molecular weight excluding hydrogens is 160 g/mol. The van der Waals surface area contributed by atoms with Crippen LogP contribution in [0.2, 0.25) is 0 Å². The SMILES string of the molecule is COC(=O)C(=O)C1=CCCOC1. The summed E-state index contributed by atoms with van der Waals surface area (Å²) in [6.45, 7) is 0.825. The number of Topliss-reactive ketones (excluding diaryl/α,β-unsaturated/α-hetero) is 1. The van der Waals surface area contributed by atoms with E-state index in [1.54, 1.807) is 6.08 Å². The van der Waals surface area contributed by atoms with E-state index < -0.39 is 11.8 Å². The molecule has 1 aliphatic rings. The molecule has 0 aromatic carbocycles.